The zero-order valence-corrected chi connectivity index (χ0v) is 11.7. The van der Waals surface area contributed by atoms with E-state index in [1.807, 2.05) is 13.0 Å². The van der Waals surface area contributed by atoms with Gasteiger partial charge in [-0.1, -0.05) is 26.8 Å². The summed E-state index contributed by atoms with van der Waals surface area (Å²) in [5.74, 6) is 0.663. The molecule has 1 N–H and O–H groups in total. The average Bonchev–Trinajstić information content (AvgIpc) is 2.73. The molecule has 0 saturated carbocycles. The van der Waals surface area contributed by atoms with Crippen molar-refractivity contribution in [2.75, 3.05) is 0 Å². The number of aromatic carboxylic acids is 1. The van der Waals surface area contributed by atoms with Crippen LogP contribution in [0.1, 0.15) is 43.4 Å². The standard InChI is InChI=1S/C15H20N2O2/c1-4-13-16-14-11(15(18)19)6-5-7-12(14)17(13)9-8-10(2)3/h5-7,10H,4,8-9H2,1-3H3,(H,18,19). The third-order valence-electron chi connectivity index (χ3n) is 3.33. The Kier molecular flexibility index (Phi) is 3.88. The predicted octanol–water partition coefficient (Wildman–Crippen LogP) is 3.34. The number of carboxylic acid groups (broad SMARTS) is 1. The van der Waals surface area contributed by atoms with E-state index in [1.165, 1.54) is 0 Å². The summed E-state index contributed by atoms with van der Waals surface area (Å²) in [5.41, 5.74) is 1.82. The Morgan fingerprint density at radius 3 is 2.74 bits per heavy atom. The number of imidazole rings is 1. The van der Waals surface area contributed by atoms with Gasteiger partial charge in [-0.15, -0.1) is 0 Å². The Morgan fingerprint density at radius 2 is 2.16 bits per heavy atom. The lowest BCUT2D eigenvalue weighted by molar-refractivity contribution is 0.0699. The molecule has 102 valence electrons. The highest BCUT2D eigenvalue weighted by Gasteiger charge is 2.15. The average molecular weight is 260 g/mol. The van der Waals surface area contributed by atoms with Crippen molar-refractivity contribution in [1.29, 1.82) is 0 Å². The Hall–Kier alpha value is -1.84. The number of aryl methyl sites for hydroxylation is 2. The molecule has 2 aromatic rings. The fourth-order valence-corrected chi connectivity index (χ4v) is 2.27. The minimum Gasteiger partial charge on any atom is -0.478 e. The summed E-state index contributed by atoms with van der Waals surface area (Å²) in [6, 6.07) is 5.36. The largest absolute Gasteiger partial charge is 0.478 e. The van der Waals surface area contributed by atoms with Gasteiger partial charge in [0, 0.05) is 13.0 Å². The van der Waals surface area contributed by atoms with E-state index in [1.54, 1.807) is 12.1 Å². The van der Waals surface area contributed by atoms with Crippen molar-refractivity contribution in [3.8, 4) is 0 Å². The molecule has 1 aromatic heterocycles. The maximum Gasteiger partial charge on any atom is 0.337 e. The first-order valence-electron chi connectivity index (χ1n) is 6.76. The number of hydrogen-bond acceptors (Lipinski definition) is 2. The number of hydrogen-bond donors (Lipinski definition) is 1. The summed E-state index contributed by atoms with van der Waals surface area (Å²) >= 11 is 0. The topological polar surface area (TPSA) is 55.1 Å². The number of para-hydroxylation sites is 1. The fraction of sp³-hybridized carbons (Fsp3) is 0.467. The molecule has 0 aliphatic carbocycles. The Morgan fingerprint density at radius 1 is 1.42 bits per heavy atom. The van der Waals surface area contributed by atoms with Gasteiger partial charge < -0.3 is 9.67 Å². The van der Waals surface area contributed by atoms with E-state index in [9.17, 15) is 9.90 Å². The molecule has 0 aliphatic heterocycles. The van der Waals surface area contributed by atoms with Crippen molar-refractivity contribution >= 4 is 17.0 Å². The third kappa shape index (κ3) is 2.62. The summed E-state index contributed by atoms with van der Waals surface area (Å²) in [7, 11) is 0. The highest BCUT2D eigenvalue weighted by atomic mass is 16.4. The van der Waals surface area contributed by atoms with Crippen molar-refractivity contribution in [2.24, 2.45) is 5.92 Å². The number of carboxylic acids is 1. The molecule has 0 unspecified atom stereocenters. The predicted molar refractivity (Wildman–Crippen MR) is 75.5 cm³/mol. The van der Waals surface area contributed by atoms with E-state index in [-0.39, 0.29) is 5.56 Å². The Balaban J connectivity index is 2.55. The molecule has 1 heterocycles. The smallest absolute Gasteiger partial charge is 0.337 e. The molecular formula is C15H20N2O2. The molecular weight excluding hydrogens is 240 g/mol. The first-order valence-corrected chi connectivity index (χ1v) is 6.76. The third-order valence-corrected chi connectivity index (χ3v) is 3.33. The summed E-state index contributed by atoms with van der Waals surface area (Å²) < 4.78 is 2.15. The number of benzene rings is 1. The van der Waals surface area contributed by atoms with Gasteiger partial charge in [0.1, 0.15) is 11.3 Å². The monoisotopic (exact) mass is 260 g/mol. The van der Waals surface area contributed by atoms with Crippen molar-refractivity contribution in [3.63, 3.8) is 0 Å². The van der Waals surface area contributed by atoms with Gasteiger partial charge in [0.2, 0.25) is 0 Å². The van der Waals surface area contributed by atoms with Crippen LogP contribution in [-0.2, 0) is 13.0 Å². The van der Waals surface area contributed by atoms with Crippen LogP contribution in [-0.4, -0.2) is 20.6 Å². The molecule has 0 spiro atoms. The van der Waals surface area contributed by atoms with E-state index >= 15 is 0 Å². The first-order chi connectivity index (χ1) is 9.04. The van der Waals surface area contributed by atoms with Crippen molar-refractivity contribution < 1.29 is 9.90 Å². The minimum atomic E-state index is -0.915. The van der Waals surface area contributed by atoms with Crippen LogP contribution in [0.4, 0.5) is 0 Å². The minimum absolute atomic E-state index is 0.287. The van der Waals surface area contributed by atoms with Crippen LogP contribution in [0.15, 0.2) is 18.2 Å². The van der Waals surface area contributed by atoms with Crippen molar-refractivity contribution in [3.05, 3.63) is 29.6 Å². The van der Waals surface area contributed by atoms with E-state index < -0.39 is 5.97 Å². The van der Waals surface area contributed by atoms with E-state index in [2.05, 4.69) is 23.4 Å². The molecule has 4 heteroatoms. The van der Waals surface area contributed by atoms with Gasteiger partial charge in [-0.3, -0.25) is 0 Å². The van der Waals surface area contributed by atoms with Gasteiger partial charge in [-0.25, -0.2) is 9.78 Å². The van der Waals surface area contributed by atoms with Gasteiger partial charge in [-0.05, 0) is 24.5 Å². The second-order valence-corrected chi connectivity index (χ2v) is 5.19. The molecule has 0 fully saturated rings. The van der Waals surface area contributed by atoms with Gasteiger partial charge >= 0.3 is 5.97 Å². The van der Waals surface area contributed by atoms with E-state index in [0.717, 1.165) is 30.7 Å². The lowest BCUT2D eigenvalue weighted by Gasteiger charge is -2.10. The van der Waals surface area contributed by atoms with Crippen LogP contribution >= 0.6 is 0 Å². The van der Waals surface area contributed by atoms with Crippen LogP contribution in [0.25, 0.3) is 11.0 Å². The number of nitrogens with zero attached hydrogens (tertiary/aromatic N) is 2. The maximum absolute atomic E-state index is 11.2. The van der Waals surface area contributed by atoms with Crippen LogP contribution in [0, 0.1) is 5.92 Å². The zero-order valence-electron chi connectivity index (χ0n) is 11.7. The molecule has 0 atom stereocenters. The zero-order chi connectivity index (χ0) is 14.0. The van der Waals surface area contributed by atoms with E-state index in [0.29, 0.717) is 11.4 Å². The van der Waals surface area contributed by atoms with Gasteiger partial charge in [0.25, 0.3) is 0 Å². The normalized spacial score (nSPS) is 11.4. The summed E-state index contributed by atoms with van der Waals surface area (Å²) in [6.45, 7) is 7.31. The second kappa shape index (κ2) is 5.43. The van der Waals surface area contributed by atoms with Crippen LogP contribution < -0.4 is 0 Å². The van der Waals surface area contributed by atoms with Crippen molar-refractivity contribution in [1.82, 2.24) is 9.55 Å². The molecule has 0 amide bonds. The summed E-state index contributed by atoms with van der Waals surface area (Å²) in [6.07, 6.45) is 1.88. The van der Waals surface area contributed by atoms with Crippen LogP contribution in [0.3, 0.4) is 0 Å². The quantitative estimate of drug-likeness (QED) is 0.897. The molecule has 0 aliphatic rings. The highest BCUT2D eigenvalue weighted by Crippen LogP contribution is 2.22. The highest BCUT2D eigenvalue weighted by molar-refractivity contribution is 6.01. The summed E-state index contributed by atoms with van der Waals surface area (Å²) in [5, 5.41) is 9.22. The molecule has 19 heavy (non-hydrogen) atoms. The number of fused-ring (bicyclic) bond motifs is 1. The SMILES string of the molecule is CCc1nc2c(C(=O)O)cccc2n1CCC(C)C. The Bertz CT molecular complexity index is 599. The fourth-order valence-electron chi connectivity index (χ4n) is 2.27. The summed E-state index contributed by atoms with van der Waals surface area (Å²) in [4.78, 5) is 15.8. The molecule has 0 radical (unpaired) electrons. The van der Waals surface area contributed by atoms with Crippen LogP contribution in [0.5, 0.6) is 0 Å². The molecule has 0 bridgehead atoms. The molecule has 2 rings (SSSR count). The van der Waals surface area contributed by atoms with E-state index in [4.69, 9.17) is 0 Å². The lowest BCUT2D eigenvalue weighted by atomic mass is 10.1. The molecule has 0 saturated heterocycles. The molecule has 1 aromatic carbocycles. The van der Waals surface area contributed by atoms with Gasteiger partial charge in [0.05, 0.1) is 11.1 Å². The first kappa shape index (κ1) is 13.6. The Labute approximate surface area is 113 Å². The number of carbonyl (C=O) groups is 1. The van der Waals surface area contributed by atoms with Gasteiger partial charge in [0.15, 0.2) is 0 Å². The van der Waals surface area contributed by atoms with Gasteiger partial charge in [-0.2, -0.15) is 0 Å². The van der Waals surface area contributed by atoms with Crippen molar-refractivity contribution in [2.45, 2.75) is 40.2 Å². The molecule has 4 nitrogen and oxygen atoms in total. The van der Waals surface area contributed by atoms with Crippen LogP contribution in [0.2, 0.25) is 0 Å². The number of aromatic nitrogens is 2. The second-order valence-electron chi connectivity index (χ2n) is 5.19. The lowest BCUT2D eigenvalue weighted by Crippen LogP contribution is -2.05. The number of rotatable bonds is 5. The maximum atomic E-state index is 11.2.